The third-order valence-electron chi connectivity index (χ3n) is 3.31. The Bertz CT molecular complexity index is 654. The van der Waals surface area contributed by atoms with Gasteiger partial charge in [-0.1, -0.05) is 22.9 Å². The van der Waals surface area contributed by atoms with Crippen LogP contribution in [0, 0.1) is 5.92 Å². The Hall–Kier alpha value is -1.08. The Labute approximate surface area is 132 Å². The first-order valence-electron chi connectivity index (χ1n) is 6.55. The zero-order chi connectivity index (χ0) is 15.6. The molecular formula is C14H17BrO5S. The quantitative estimate of drug-likeness (QED) is 0.736. The molecular weight excluding hydrogens is 360 g/mol. The molecule has 0 saturated carbocycles. The third kappa shape index (κ3) is 3.97. The van der Waals surface area contributed by atoms with Gasteiger partial charge in [-0.15, -0.1) is 0 Å². The van der Waals surface area contributed by atoms with Crippen LogP contribution in [0.5, 0.6) is 5.75 Å². The highest BCUT2D eigenvalue weighted by molar-refractivity contribution is 9.10. The van der Waals surface area contributed by atoms with Crippen LogP contribution in [0.3, 0.4) is 0 Å². The Balaban J connectivity index is 2.20. The average Bonchev–Trinajstić information content (AvgIpc) is 2.84. The van der Waals surface area contributed by atoms with Crippen molar-refractivity contribution in [2.24, 2.45) is 5.92 Å². The van der Waals surface area contributed by atoms with Crippen LogP contribution in [0.1, 0.15) is 18.1 Å². The topological polar surface area (TPSA) is 69.7 Å². The summed E-state index contributed by atoms with van der Waals surface area (Å²) >= 11 is 3.38. The summed E-state index contributed by atoms with van der Waals surface area (Å²) in [6.07, 6.45) is 0.778. The van der Waals surface area contributed by atoms with E-state index in [4.69, 9.17) is 4.74 Å². The van der Waals surface area contributed by atoms with Gasteiger partial charge in [-0.25, -0.2) is 8.42 Å². The second-order valence-corrected chi connectivity index (χ2v) is 8.16. The zero-order valence-corrected chi connectivity index (χ0v) is 14.3. The molecule has 0 fully saturated rings. The first-order chi connectivity index (χ1) is 9.82. The lowest BCUT2D eigenvalue weighted by molar-refractivity contribution is -0.144. The summed E-state index contributed by atoms with van der Waals surface area (Å²) in [4.78, 5) is 11.4. The number of halogens is 1. The molecule has 0 aliphatic carbocycles. The van der Waals surface area contributed by atoms with Crippen LogP contribution in [-0.2, 0) is 31.5 Å². The van der Waals surface area contributed by atoms with Crippen molar-refractivity contribution in [3.05, 3.63) is 27.7 Å². The van der Waals surface area contributed by atoms with Gasteiger partial charge < -0.3 is 9.47 Å². The molecule has 1 aromatic rings. The standard InChI is InChI=1S/C14H17BrO5S/c1-9(14(16)19-2)7-21(17,18)8-11-6-12(15)5-10-3-4-20-13(10)11/h5-6,9H,3-4,7-8H2,1-2H3. The number of ether oxygens (including phenoxy) is 2. The molecule has 5 nitrogen and oxygen atoms in total. The van der Waals surface area contributed by atoms with E-state index in [9.17, 15) is 13.2 Å². The summed E-state index contributed by atoms with van der Waals surface area (Å²) in [5.41, 5.74) is 1.64. The summed E-state index contributed by atoms with van der Waals surface area (Å²) < 4.78 is 35.5. The number of hydrogen-bond donors (Lipinski definition) is 0. The van der Waals surface area contributed by atoms with E-state index in [0.29, 0.717) is 17.9 Å². The van der Waals surface area contributed by atoms with Crippen molar-refractivity contribution < 1.29 is 22.7 Å². The number of rotatable bonds is 5. The van der Waals surface area contributed by atoms with Crippen LogP contribution in [0.15, 0.2) is 16.6 Å². The smallest absolute Gasteiger partial charge is 0.309 e. The number of carbonyl (C=O) groups is 1. The summed E-state index contributed by atoms with van der Waals surface area (Å²) in [5, 5.41) is 0. The molecule has 1 atom stereocenters. The second kappa shape index (κ2) is 6.36. The summed E-state index contributed by atoms with van der Waals surface area (Å²) in [7, 11) is -2.18. The monoisotopic (exact) mass is 376 g/mol. The van der Waals surface area contributed by atoms with Crippen molar-refractivity contribution in [1.82, 2.24) is 0 Å². The Morgan fingerprint density at radius 3 is 2.86 bits per heavy atom. The fourth-order valence-corrected chi connectivity index (χ4v) is 4.66. The van der Waals surface area contributed by atoms with Crippen molar-refractivity contribution >= 4 is 31.7 Å². The highest BCUT2D eigenvalue weighted by Crippen LogP contribution is 2.34. The molecule has 0 radical (unpaired) electrons. The Morgan fingerprint density at radius 2 is 2.19 bits per heavy atom. The van der Waals surface area contributed by atoms with E-state index in [-0.39, 0.29) is 11.5 Å². The van der Waals surface area contributed by atoms with Crippen molar-refractivity contribution in [3.8, 4) is 5.75 Å². The molecule has 1 unspecified atom stereocenters. The third-order valence-corrected chi connectivity index (χ3v) is 5.52. The largest absolute Gasteiger partial charge is 0.493 e. The molecule has 0 spiro atoms. The molecule has 116 valence electrons. The lowest BCUT2D eigenvalue weighted by Gasteiger charge is -2.12. The first kappa shape index (κ1) is 16.3. The molecule has 1 heterocycles. The molecule has 21 heavy (non-hydrogen) atoms. The van der Waals surface area contributed by atoms with Gasteiger partial charge in [-0.2, -0.15) is 0 Å². The van der Waals surface area contributed by atoms with Crippen LogP contribution in [0.25, 0.3) is 0 Å². The molecule has 0 aromatic heterocycles. The lowest BCUT2D eigenvalue weighted by Crippen LogP contribution is -2.23. The van der Waals surface area contributed by atoms with E-state index in [2.05, 4.69) is 20.7 Å². The number of esters is 1. The fourth-order valence-electron chi connectivity index (χ4n) is 2.40. The van der Waals surface area contributed by atoms with Gasteiger partial charge in [0.2, 0.25) is 0 Å². The van der Waals surface area contributed by atoms with E-state index in [1.54, 1.807) is 13.0 Å². The predicted molar refractivity (Wildman–Crippen MR) is 82.0 cm³/mol. The van der Waals surface area contributed by atoms with E-state index in [1.165, 1.54) is 7.11 Å². The minimum Gasteiger partial charge on any atom is -0.493 e. The second-order valence-electron chi connectivity index (χ2n) is 5.13. The normalized spacial score (nSPS) is 15.2. The maximum absolute atomic E-state index is 12.3. The van der Waals surface area contributed by atoms with Crippen LogP contribution < -0.4 is 4.74 Å². The molecule has 1 aromatic carbocycles. The van der Waals surface area contributed by atoms with Crippen LogP contribution in [-0.4, -0.2) is 33.9 Å². The van der Waals surface area contributed by atoms with Gasteiger partial charge in [0.05, 0.1) is 31.1 Å². The van der Waals surface area contributed by atoms with E-state index in [0.717, 1.165) is 16.5 Å². The number of carbonyl (C=O) groups excluding carboxylic acids is 1. The molecule has 0 N–H and O–H groups in total. The van der Waals surface area contributed by atoms with Gasteiger partial charge in [0.1, 0.15) is 5.75 Å². The fraction of sp³-hybridized carbons (Fsp3) is 0.500. The molecule has 0 bridgehead atoms. The van der Waals surface area contributed by atoms with Crippen molar-refractivity contribution in [2.45, 2.75) is 19.1 Å². The van der Waals surface area contributed by atoms with Gasteiger partial charge in [0.25, 0.3) is 0 Å². The zero-order valence-electron chi connectivity index (χ0n) is 11.9. The summed E-state index contributed by atoms with van der Waals surface area (Å²) in [5.74, 6) is -0.917. The van der Waals surface area contributed by atoms with Crippen molar-refractivity contribution in [1.29, 1.82) is 0 Å². The number of hydrogen-bond acceptors (Lipinski definition) is 5. The van der Waals surface area contributed by atoms with E-state index < -0.39 is 21.7 Å². The SMILES string of the molecule is COC(=O)C(C)CS(=O)(=O)Cc1cc(Br)cc2c1OCC2. The molecule has 2 rings (SSSR count). The van der Waals surface area contributed by atoms with Crippen LogP contribution in [0.2, 0.25) is 0 Å². The van der Waals surface area contributed by atoms with Crippen LogP contribution in [0.4, 0.5) is 0 Å². The summed E-state index contributed by atoms with van der Waals surface area (Å²) in [6.45, 7) is 2.11. The Kier molecular flexibility index (Phi) is 4.93. The van der Waals surface area contributed by atoms with E-state index >= 15 is 0 Å². The van der Waals surface area contributed by atoms with Gasteiger partial charge in [-0.05, 0) is 17.7 Å². The van der Waals surface area contributed by atoms with Gasteiger partial charge in [-0.3, -0.25) is 4.79 Å². The average molecular weight is 377 g/mol. The predicted octanol–water partition coefficient (Wildman–Crippen LogP) is 2.11. The minimum atomic E-state index is -3.43. The lowest BCUT2D eigenvalue weighted by atomic mass is 10.1. The minimum absolute atomic E-state index is 0.143. The maximum atomic E-state index is 12.3. The first-order valence-corrected chi connectivity index (χ1v) is 9.16. The maximum Gasteiger partial charge on any atom is 0.309 e. The van der Waals surface area contributed by atoms with Gasteiger partial charge >= 0.3 is 5.97 Å². The van der Waals surface area contributed by atoms with Crippen LogP contribution >= 0.6 is 15.9 Å². The summed E-state index contributed by atoms with van der Waals surface area (Å²) in [6, 6.07) is 3.69. The van der Waals surface area contributed by atoms with Gasteiger partial charge in [0, 0.05) is 16.5 Å². The highest BCUT2D eigenvalue weighted by Gasteiger charge is 2.26. The van der Waals surface area contributed by atoms with Crippen molar-refractivity contribution in [2.75, 3.05) is 19.5 Å². The molecule has 1 aliphatic heterocycles. The molecule has 0 saturated heterocycles. The highest BCUT2D eigenvalue weighted by atomic mass is 79.9. The number of sulfone groups is 1. The molecule has 1 aliphatic rings. The van der Waals surface area contributed by atoms with E-state index in [1.807, 2.05) is 6.07 Å². The van der Waals surface area contributed by atoms with Crippen molar-refractivity contribution in [3.63, 3.8) is 0 Å². The van der Waals surface area contributed by atoms with Gasteiger partial charge in [0.15, 0.2) is 9.84 Å². The number of fused-ring (bicyclic) bond motifs is 1. The number of benzene rings is 1. The molecule has 0 amide bonds. The molecule has 7 heteroatoms. The Morgan fingerprint density at radius 1 is 1.48 bits per heavy atom. The number of methoxy groups -OCH3 is 1.